The molecule has 1 rings (SSSR count). The van der Waals surface area contributed by atoms with Crippen LogP contribution in [0.3, 0.4) is 0 Å². The summed E-state index contributed by atoms with van der Waals surface area (Å²) in [5.74, 6) is 0.662. The maximum absolute atomic E-state index is 6.06. The molecule has 1 aliphatic heterocycles. The molecule has 0 amide bonds. The molecule has 0 radical (unpaired) electrons. The summed E-state index contributed by atoms with van der Waals surface area (Å²) in [5, 5.41) is 0. The van der Waals surface area contributed by atoms with E-state index in [2.05, 4.69) is 27.7 Å². The Labute approximate surface area is 150 Å². The van der Waals surface area contributed by atoms with Gasteiger partial charge in [0.25, 0.3) is 0 Å². The van der Waals surface area contributed by atoms with E-state index in [1.165, 1.54) is 57.8 Å². The number of rotatable bonds is 17. The lowest BCUT2D eigenvalue weighted by Gasteiger charge is -2.34. The minimum atomic E-state index is 0.000871. The average molecular weight is 343 g/mol. The summed E-state index contributed by atoms with van der Waals surface area (Å²) >= 11 is 0. The molecule has 0 aromatic rings. The Morgan fingerprint density at radius 3 is 2.21 bits per heavy atom. The van der Waals surface area contributed by atoms with Gasteiger partial charge in [0.1, 0.15) is 6.10 Å². The molecule has 0 N–H and O–H groups in total. The molecule has 2 unspecified atom stereocenters. The molecule has 3 heteroatoms. The van der Waals surface area contributed by atoms with E-state index in [9.17, 15) is 0 Å². The molecule has 0 aliphatic carbocycles. The predicted molar refractivity (Wildman–Crippen MR) is 102 cm³/mol. The zero-order valence-corrected chi connectivity index (χ0v) is 16.8. The smallest absolute Gasteiger partial charge is 0.104 e. The standard InChI is InChI=1S/C21H42O3/c1-5-7-8-9-10-11-14-19(21(3,4)24-6-2)15-12-13-16-22-17-20-18-23-20/h19-20H,5-18H2,1-4H3. The number of unbranched alkanes of at least 4 members (excludes halogenated alkanes) is 6. The van der Waals surface area contributed by atoms with Crippen molar-refractivity contribution in [3.8, 4) is 0 Å². The van der Waals surface area contributed by atoms with Gasteiger partial charge in [0, 0.05) is 13.2 Å². The fourth-order valence-corrected chi connectivity index (χ4v) is 3.47. The third kappa shape index (κ3) is 10.7. The lowest BCUT2D eigenvalue weighted by atomic mass is 9.82. The lowest BCUT2D eigenvalue weighted by molar-refractivity contribution is -0.0608. The van der Waals surface area contributed by atoms with Crippen LogP contribution in [-0.4, -0.2) is 38.1 Å². The second-order valence-electron chi connectivity index (χ2n) is 7.82. The highest BCUT2D eigenvalue weighted by Crippen LogP contribution is 2.31. The molecule has 0 bridgehead atoms. The number of hydrogen-bond acceptors (Lipinski definition) is 3. The Morgan fingerprint density at radius 1 is 0.958 bits per heavy atom. The maximum Gasteiger partial charge on any atom is 0.104 e. The first kappa shape index (κ1) is 21.9. The quantitative estimate of drug-likeness (QED) is 0.249. The second kappa shape index (κ2) is 13.1. The molecule has 0 saturated carbocycles. The molecule has 0 spiro atoms. The van der Waals surface area contributed by atoms with Gasteiger partial charge in [0.15, 0.2) is 0 Å². The Hall–Kier alpha value is -0.120. The van der Waals surface area contributed by atoms with E-state index in [0.29, 0.717) is 12.0 Å². The molecule has 1 aliphatic rings. The van der Waals surface area contributed by atoms with Gasteiger partial charge in [0.2, 0.25) is 0 Å². The summed E-state index contributed by atoms with van der Waals surface area (Å²) in [6.45, 7) is 12.3. The maximum atomic E-state index is 6.06. The summed E-state index contributed by atoms with van der Waals surface area (Å²) in [4.78, 5) is 0. The Kier molecular flexibility index (Phi) is 12.0. The van der Waals surface area contributed by atoms with E-state index in [1.807, 2.05) is 0 Å². The van der Waals surface area contributed by atoms with Gasteiger partial charge in [0.05, 0.1) is 18.8 Å². The van der Waals surface area contributed by atoms with Crippen LogP contribution in [0.25, 0.3) is 0 Å². The fraction of sp³-hybridized carbons (Fsp3) is 1.00. The van der Waals surface area contributed by atoms with Crippen LogP contribution in [0.5, 0.6) is 0 Å². The van der Waals surface area contributed by atoms with Crippen LogP contribution in [0.2, 0.25) is 0 Å². The number of hydrogen-bond donors (Lipinski definition) is 0. The first-order chi connectivity index (χ1) is 11.6. The van der Waals surface area contributed by atoms with Crippen molar-refractivity contribution < 1.29 is 14.2 Å². The van der Waals surface area contributed by atoms with Gasteiger partial charge in [-0.1, -0.05) is 51.9 Å². The topological polar surface area (TPSA) is 31.0 Å². The monoisotopic (exact) mass is 342 g/mol. The largest absolute Gasteiger partial charge is 0.379 e. The molecular weight excluding hydrogens is 300 g/mol. The normalized spacial score (nSPS) is 18.8. The van der Waals surface area contributed by atoms with Crippen molar-refractivity contribution in [2.45, 2.75) is 104 Å². The molecule has 1 saturated heterocycles. The average Bonchev–Trinajstić information content (AvgIpc) is 3.35. The predicted octanol–water partition coefficient (Wildman–Crippen LogP) is 5.75. The number of ether oxygens (including phenoxy) is 3. The van der Waals surface area contributed by atoms with Crippen molar-refractivity contribution in [1.29, 1.82) is 0 Å². The van der Waals surface area contributed by atoms with Crippen molar-refractivity contribution in [1.82, 2.24) is 0 Å². The minimum absolute atomic E-state index is 0.000871. The van der Waals surface area contributed by atoms with Crippen molar-refractivity contribution in [2.24, 2.45) is 5.92 Å². The Balaban J connectivity index is 2.18. The van der Waals surface area contributed by atoms with Gasteiger partial charge >= 0.3 is 0 Å². The van der Waals surface area contributed by atoms with E-state index in [0.717, 1.165) is 32.8 Å². The summed E-state index contributed by atoms with van der Waals surface area (Å²) in [7, 11) is 0. The van der Waals surface area contributed by atoms with E-state index >= 15 is 0 Å². The van der Waals surface area contributed by atoms with Gasteiger partial charge in [-0.2, -0.15) is 0 Å². The van der Waals surface area contributed by atoms with Crippen LogP contribution in [0.1, 0.15) is 91.9 Å². The highest BCUT2D eigenvalue weighted by atomic mass is 16.6. The molecule has 3 nitrogen and oxygen atoms in total. The lowest BCUT2D eigenvalue weighted by Crippen LogP contribution is -2.34. The Bertz CT molecular complexity index is 287. The first-order valence-electron chi connectivity index (χ1n) is 10.4. The van der Waals surface area contributed by atoms with Crippen molar-refractivity contribution >= 4 is 0 Å². The fourth-order valence-electron chi connectivity index (χ4n) is 3.47. The van der Waals surface area contributed by atoms with Crippen molar-refractivity contribution in [2.75, 3.05) is 26.4 Å². The molecular formula is C21H42O3. The SMILES string of the molecule is CCCCCCCCC(CCCCOCC1CO1)C(C)(C)OCC. The van der Waals surface area contributed by atoms with E-state index < -0.39 is 0 Å². The molecule has 2 atom stereocenters. The summed E-state index contributed by atoms with van der Waals surface area (Å²) in [5.41, 5.74) is 0.000871. The third-order valence-electron chi connectivity index (χ3n) is 5.20. The number of epoxide rings is 1. The highest BCUT2D eigenvalue weighted by Gasteiger charge is 2.29. The zero-order valence-electron chi connectivity index (χ0n) is 16.8. The van der Waals surface area contributed by atoms with E-state index in [4.69, 9.17) is 14.2 Å². The van der Waals surface area contributed by atoms with Crippen LogP contribution in [0.4, 0.5) is 0 Å². The molecule has 0 aromatic carbocycles. The molecule has 1 heterocycles. The van der Waals surface area contributed by atoms with Crippen LogP contribution >= 0.6 is 0 Å². The van der Waals surface area contributed by atoms with E-state index in [1.54, 1.807) is 0 Å². The molecule has 144 valence electrons. The van der Waals surface area contributed by atoms with Gasteiger partial charge in [-0.15, -0.1) is 0 Å². The van der Waals surface area contributed by atoms with Crippen LogP contribution in [-0.2, 0) is 14.2 Å². The molecule has 1 fully saturated rings. The highest BCUT2D eigenvalue weighted by molar-refractivity contribution is 4.79. The summed E-state index contributed by atoms with van der Waals surface area (Å²) in [6, 6.07) is 0. The van der Waals surface area contributed by atoms with Gasteiger partial charge in [-0.25, -0.2) is 0 Å². The third-order valence-corrected chi connectivity index (χ3v) is 5.20. The van der Waals surface area contributed by atoms with E-state index in [-0.39, 0.29) is 5.60 Å². The summed E-state index contributed by atoms with van der Waals surface area (Å²) < 4.78 is 16.9. The second-order valence-corrected chi connectivity index (χ2v) is 7.82. The van der Waals surface area contributed by atoms with Crippen molar-refractivity contribution in [3.63, 3.8) is 0 Å². The zero-order chi connectivity index (χ0) is 17.7. The first-order valence-corrected chi connectivity index (χ1v) is 10.4. The van der Waals surface area contributed by atoms with Crippen LogP contribution < -0.4 is 0 Å². The molecule has 24 heavy (non-hydrogen) atoms. The Morgan fingerprint density at radius 2 is 1.58 bits per heavy atom. The van der Waals surface area contributed by atoms with Gasteiger partial charge in [-0.05, 0) is 46.0 Å². The van der Waals surface area contributed by atoms with Crippen LogP contribution in [0.15, 0.2) is 0 Å². The van der Waals surface area contributed by atoms with Gasteiger partial charge in [-0.3, -0.25) is 0 Å². The molecule has 0 aromatic heterocycles. The van der Waals surface area contributed by atoms with Crippen LogP contribution in [0, 0.1) is 5.92 Å². The minimum Gasteiger partial charge on any atom is -0.379 e. The van der Waals surface area contributed by atoms with Gasteiger partial charge < -0.3 is 14.2 Å². The summed E-state index contributed by atoms with van der Waals surface area (Å²) in [6.07, 6.45) is 13.6. The van der Waals surface area contributed by atoms with Crippen molar-refractivity contribution in [3.05, 3.63) is 0 Å².